The molecular weight excluding hydrogens is 356 g/mol. The van der Waals surface area contributed by atoms with Gasteiger partial charge < -0.3 is 10.1 Å². The van der Waals surface area contributed by atoms with Gasteiger partial charge in [0, 0.05) is 34.4 Å². The van der Waals surface area contributed by atoms with Gasteiger partial charge in [0.1, 0.15) is 5.75 Å². The Morgan fingerprint density at radius 1 is 1.26 bits per heavy atom. The van der Waals surface area contributed by atoms with Crippen LogP contribution in [0.15, 0.2) is 54.0 Å². The molecule has 0 saturated carbocycles. The number of para-hydroxylation sites is 1. The molecular formula is C22H22N2O2S. The SMILES string of the molecule is Cc1ncsc1[C@H](C)c1ccc(NC(=O)C[C@H]2COc3ccccc32)cc1. The van der Waals surface area contributed by atoms with Gasteiger partial charge in [-0.1, -0.05) is 37.3 Å². The van der Waals surface area contributed by atoms with E-state index >= 15 is 0 Å². The summed E-state index contributed by atoms with van der Waals surface area (Å²) in [5.74, 6) is 1.33. The molecule has 0 aliphatic carbocycles. The minimum atomic E-state index is 0.0133. The first-order valence-corrected chi connectivity index (χ1v) is 10.0. The smallest absolute Gasteiger partial charge is 0.225 e. The Bertz CT molecular complexity index is 949. The third-order valence-corrected chi connectivity index (χ3v) is 6.21. The van der Waals surface area contributed by atoms with Gasteiger partial charge in [-0.05, 0) is 30.7 Å². The van der Waals surface area contributed by atoms with Crippen LogP contribution >= 0.6 is 11.3 Å². The molecule has 27 heavy (non-hydrogen) atoms. The van der Waals surface area contributed by atoms with Crippen LogP contribution in [0.3, 0.4) is 0 Å². The fourth-order valence-electron chi connectivity index (χ4n) is 3.57. The molecule has 3 aromatic rings. The summed E-state index contributed by atoms with van der Waals surface area (Å²) >= 11 is 1.69. The van der Waals surface area contributed by atoms with E-state index in [-0.39, 0.29) is 11.8 Å². The van der Waals surface area contributed by atoms with E-state index in [2.05, 4.69) is 29.4 Å². The third kappa shape index (κ3) is 3.74. The minimum absolute atomic E-state index is 0.0133. The summed E-state index contributed by atoms with van der Waals surface area (Å²) < 4.78 is 5.67. The first-order chi connectivity index (χ1) is 13.1. The molecule has 1 aromatic heterocycles. The zero-order chi connectivity index (χ0) is 18.8. The van der Waals surface area contributed by atoms with Crippen molar-refractivity contribution in [3.63, 3.8) is 0 Å². The monoisotopic (exact) mass is 378 g/mol. The Morgan fingerprint density at radius 2 is 2.04 bits per heavy atom. The first-order valence-electron chi connectivity index (χ1n) is 9.13. The number of aryl methyl sites for hydroxylation is 1. The largest absolute Gasteiger partial charge is 0.493 e. The third-order valence-electron chi connectivity index (χ3n) is 5.10. The van der Waals surface area contributed by atoms with Crippen LogP contribution in [0, 0.1) is 6.92 Å². The predicted molar refractivity (Wildman–Crippen MR) is 109 cm³/mol. The number of hydrogen-bond acceptors (Lipinski definition) is 4. The number of ether oxygens (including phenoxy) is 1. The van der Waals surface area contributed by atoms with Crippen LogP contribution in [0.2, 0.25) is 0 Å². The number of nitrogens with zero attached hydrogens (tertiary/aromatic N) is 1. The van der Waals surface area contributed by atoms with E-state index in [0.717, 1.165) is 22.7 Å². The predicted octanol–water partition coefficient (Wildman–Crippen LogP) is 5.11. The number of carbonyl (C=O) groups excluding carboxylic acids is 1. The number of carbonyl (C=O) groups is 1. The molecule has 5 heteroatoms. The molecule has 1 aliphatic rings. The number of benzene rings is 2. The number of hydrogen-bond donors (Lipinski definition) is 1. The number of aromatic nitrogens is 1. The van der Waals surface area contributed by atoms with Crippen molar-refractivity contribution in [2.45, 2.75) is 32.1 Å². The molecule has 4 nitrogen and oxygen atoms in total. The molecule has 2 heterocycles. The molecule has 1 N–H and O–H groups in total. The number of anilines is 1. The highest BCUT2D eigenvalue weighted by atomic mass is 32.1. The highest BCUT2D eigenvalue weighted by Crippen LogP contribution is 2.35. The molecule has 1 aliphatic heterocycles. The molecule has 138 valence electrons. The van der Waals surface area contributed by atoms with E-state index in [1.54, 1.807) is 11.3 Å². The van der Waals surface area contributed by atoms with Crippen LogP contribution in [0.5, 0.6) is 5.75 Å². The summed E-state index contributed by atoms with van der Waals surface area (Å²) in [6.45, 7) is 4.80. The van der Waals surface area contributed by atoms with Gasteiger partial charge in [0.05, 0.1) is 17.8 Å². The summed E-state index contributed by atoms with van der Waals surface area (Å²) in [5.41, 5.74) is 6.14. The lowest BCUT2D eigenvalue weighted by molar-refractivity contribution is -0.116. The molecule has 4 rings (SSSR count). The van der Waals surface area contributed by atoms with Crippen LogP contribution < -0.4 is 10.1 Å². The maximum Gasteiger partial charge on any atom is 0.225 e. The van der Waals surface area contributed by atoms with Crippen molar-refractivity contribution in [2.75, 3.05) is 11.9 Å². The van der Waals surface area contributed by atoms with E-state index in [4.69, 9.17) is 4.74 Å². The van der Waals surface area contributed by atoms with Crippen molar-refractivity contribution in [2.24, 2.45) is 0 Å². The van der Waals surface area contributed by atoms with E-state index in [1.165, 1.54) is 10.4 Å². The Labute approximate surface area is 163 Å². The van der Waals surface area contributed by atoms with Gasteiger partial charge in [0.15, 0.2) is 0 Å². The van der Waals surface area contributed by atoms with Gasteiger partial charge in [-0.3, -0.25) is 4.79 Å². The number of rotatable bonds is 5. The minimum Gasteiger partial charge on any atom is -0.493 e. The zero-order valence-corrected chi connectivity index (χ0v) is 16.3. The lowest BCUT2D eigenvalue weighted by Crippen LogP contribution is -2.16. The molecule has 0 unspecified atom stereocenters. The quantitative estimate of drug-likeness (QED) is 0.671. The van der Waals surface area contributed by atoms with Crippen molar-refractivity contribution in [3.8, 4) is 5.75 Å². The number of nitrogens with one attached hydrogen (secondary N) is 1. The summed E-state index contributed by atoms with van der Waals surface area (Å²) in [7, 11) is 0. The van der Waals surface area contributed by atoms with Gasteiger partial charge in [0.25, 0.3) is 0 Å². The molecule has 0 fully saturated rings. The number of fused-ring (bicyclic) bond motifs is 1. The molecule has 0 spiro atoms. The van der Waals surface area contributed by atoms with Crippen molar-refractivity contribution < 1.29 is 9.53 Å². The standard InChI is InChI=1S/C22H22N2O2S/c1-14(22-15(2)23-13-27-22)16-7-9-18(10-8-16)24-21(25)11-17-12-26-20-6-4-3-5-19(17)20/h3-10,13-14,17H,11-12H2,1-2H3,(H,24,25)/t14-,17+/m1/s1. The van der Waals surface area contributed by atoms with E-state index in [9.17, 15) is 4.79 Å². The molecule has 0 saturated heterocycles. The maximum atomic E-state index is 12.5. The van der Waals surface area contributed by atoms with Crippen molar-refractivity contribution >= 4 is 22.9 Å². The van der Waals surface area contributed by atoms with Gasteiger partial charge in [-0.15, -0.1) is 11.3 Å². The van der Waals surface area contributed by atoms with Crippen molar-refractivity contribution in [3.05, 3.63) is 75.7 Å². The van der Waals surface area contributed by atoms with Gasteiger partial charge in [0.2, 0.25) is 5.91 Å². The van der Waals surface area contributed by atoms with E-state index in [0.29, 0.717) is 18.9 Å². The fraction of sp³-hybridized carbons (Fsp3) is 0.273. The van der Waals surface area contributed by atoms with Crippen LogP contribution in [-0.2, 0) is 4.79 Å². The second-order valence-corrected chi connectivity index (χ2v) is 7.83. The van der Waals surface area contributed by atoms with E-state index in [1.807, 2.05) is 48.8 Å². The lowest BCUT2D eigenvalue weighted by atomic mass is 9.97. The highest BCUT2D eigenvalue weighted by molar-refractivity contribution is 7.09. The van der Waals surface area contributed by atoms with Gasteiger partial charge in [-0.2, -0.15) is 0 Å². The molecule has 0 radical (unpaired) electrons. The zero-order valence-electron chi connectivity index (χ0n) is 15.4. The van der Waals surface area contributed by atoms with Crippen molar-refractivity contribution in [1.29, 1.82) is 0 Å². The summed E-state index contributed by atoms with van der Waals surface area (Å²) in [6.07, 6.45) is 0.426. The Kier molecular flexibility index (Phi) is 4.94. The van der Waals surface area contributed by atoms with Gasteiger partial charge >= 0.3 is 0 Å². The Balaban J connectivity index is 1.39. The van der Waals surface area contributed by atoms with Crippen LogP contribution in [0.1, 0.15) is 46.9 Å². The maximum absolute atomic E-state index is 12.5. The lowest BCUT2D eigenvalue weighted by Gasteiger charge is -2.13. The van der Waals surface area contributed by atoms with Crippen LogP contribution in [-0.4, -0.2) is 17.5 Å². The first kappa shape index (κ1) is 17.7. The molecule has 2 atom stereocenters. The van der Waals surface area contributed by atoms with Crippen LogP contribution in [0.4, 0.5) is 5.69 Å². The second-order valence-electron chi connectivity index (χ2n) is 6.94. The summed E-state index contributed by atoms with van der Waals surface area (Å²) in [5, 5.41) is 3.01. The molecule has 2 aromatic carbocycles. The molecule has 1 amide bonds. The normalized spacial score (nSPS) is 16.4. The highest BCUT2D eigenvalue weighted by Gasteiger charge is 2.25. The summed E-state index contributed by atoms with van der Waals surface area (Å²) in [6, 6.07) is 16.0. The average Bonchev–Trinajstić information content (AvgIpc) is 3.28. The van der Waals surface area contributed by atoms with E-state index < -0.39 is 0 Å². The molecule has 0 bridgehead atoms. The Hall–Kier alpha value is -2.66. The second kappa shape index (κ2) is 7.53. The summed E-state index contributed by atoms with van der Waals surface area (Å²) in [4.78, 5) is 18.1. The topological polar surface area (TPSA) is 51.2 Å². The van der Waals surface area contributed by atoms with Crippen molar-refractivity contribution in [1.82, 2.24) is 4.98 Å². The number of thiazole rings is 1. The fourth-order valence-corrected chi connectivity index (χ4v) is 4.45. The Morgan fingerprint density at radius 3 is 2.78 bits per heavy atom. The average molecular weight is 378 g/mol. The van der Waals surface area contributed by atoms with Gasteiger partial charge in [-0.25, -0.2) is 4.98 Å². The van der Waals surface area contributed by atoms with Crippen LogP contribution in [0.25, 0.3) is 0 Å². The number of amides is 1.